The average Bonchev–Trinajstić information content (AvgIpc) is 3.09. The Balaban J connectivity index is 1.80. The summed E-state index contributed by atoms with van der Waals surface area (Å²) in [6.07, 6.45) is 1.57. The van der Waals surface area contributed by atoms with Crippen molar-refractivity contribution in [2.24, 2.45) is 0 Å². The predicted octanol–water partition coefficient (Wildman–Crippen LogP) is 4.06. The minimum atomic E-state index is 0.718. The first-order valence-corrected chi connectivity index (χ1v) is 8.14. The molecule has 0 saturated heterocycles. The summed E-state index contributed by atoms with van der Waals surface area (Å²) in [6.45, 7) is 2.78. The highest BCUT2D eigenvalue weighted by molar-refractivity contribution is 9.10. The van der Waals surface area contributed by atoms with Crippen molar-refractivity contribution in [3.63, 3.8) is 0 Å². The normalized spacial score (nSPS) is 10.8. The first-order valence-electron chi connectivity index (χ1n) is 6.15. The Bertz CT molecular complexity index is 737. The van der Waals surface area contributed by atoms with Crippen LogP contribution in [0.2, 0.25) is 4.34 Å². The molecule has 0 aliphatic rings. The van der Waals surface area contributed by atoms with Gasteiger partial charge in [-0.1, -0.05) is 17.7 Å². The molecule has 2 aromatic heterocycles. The summed E-state index contributed by atoms with van der Waals surface area (Å²) >= 11 is 11.0. The first-order chi connectivity index (χ1) is 10.1. The molecule has 1 N–H and O–H groups in total. The number of nitrogens with one attached hydrogen (secondary N) is 1. The molecule has 8 heteroatoms. The van der Waals surface area contributed by atoms with Crippen molar-refractivity contribution >= 4 is 44.6 Å². The lowest BCUT2D eigenvalue weighted by molar-refractivity contribution is 0.789. The Hall–Kier alpha value is -1.44. The first kappa shape index (κ1) is 14.5. The lowest BCUT2D eigenvalue weighted by Gasteiger charge is -2.10. The van der Waals surface area contributed by atoms with Crippen molar-refractivity contribution in [2.45, 2.75) is 13.5 Å². The van der Waals surface area contributed by atoms with Crippen molar-refractivity contribution in [3.8, 4) is 5.69 Å². The van der Waals surface area contributed by atoms with Crippen LogP contribution in [0.5, 0.6) is 0 Å². The quantitative estimate of drug-likeness (QED) is 0.737. The zero-order valence-electron chi connectivity index (χ0n) is 11.0. The van der Waals surface area contributed by atoms with Crippen LogP contribution in [-0.4, -0.2) is 20.2 Å². The third kappa shape index (κ3) is 3.25. The van der Waals surface area contributed by atoms with Gasteiger partial charge in [-0.2, -0.15) is 0 Å². The lowest BCUT2D eigenvalue weighted by Crippen LogP contribution is -2.02. The summed E-state index contributed by atoms with van der Waals surface area (Å²) in [5.74, 6) is 0. The van der Waals surface area contributed by atoms with Crippen LogP contribution in [0.15, 0.2) is 35.1 Å². The zero-order chi connectivity index (χ0) is 14.8. The number of rotatable bonds is 4. The molecule has 3 rings (SSSR count). The molecular weight excluding hydrogens is 374 g/mol. The Morgan fingerprint density at radius 1 is 1.38 bits per heavy atom. The summed E-state index contributed by atoms with van der Waals surface area (Å²) in [5.41, 5.74) is 3.12. The van der Waals surface area contributed by atoms with Crippen LogP contribution in [0.25, 0.3) is 5.69 Å². The van der Waals surface area contributed by atoms with Crippen molar-refractivity contribution in [2.75, 3.05) is 5.32 Å². The number of anilines is 1. The summed E-state index contributed by atoms with van der Waals surface area (Å²) in [5, 5.41) is 14.6. The van der Waals surface area contributed by atoms with Gasteiger partial charge in [-0.3, -0.25) is 0 Å². The maximum Gasteiger partial charge on any atom is 0.143 e. The van der Waals surface area contributed by atoms with Gasteiger partial charge in [0.25, 0.3) is 0 Å². The summed E-state index contributed by atoms with van der Waals surface area (Å²) < 4.78 is 3.33. The van der Waals surface area contributed by atoms with Gasteiger partial charge in [0, 0.05) is 21.6 Å². The Labute approximate surface area is 139 Å². The number of thiophene rings is 1. The van der Waals surface area contributed by atoms with E-state index in [-0.39, 0.29) is 0 Å². The van der Waals surface area contributed by atoms with Crippen LogP contribution in [-0.2, 0) is 6.54 Å². The highest BCUT2D eigenvalue weighted by Gasteiger charge is 2.06. The Kier molecular flexibility index (Phi) is 4.23. The van der Waals surface area contributed by atoms with E-state index in [0.29, 0.717) is 0 Å². The van der Waals surface area contributed by atoms with Gasteiger partial charge in [-0.05, 0) is 57.0 Å². The molecule has 0 amide bonds. The maximum absolute atomic E-state index is 6.05. The van der Waals surface area contributed by atoms with E-state index in [9.17, 15) is 0 Å². The number of hydrogen-bond donors (Lipinski definition) is 1. The number of tetrazole rings is 1. The number of aryl methyl sites for hydroxylation is 1. The van der Waals surface area contributed by atoms with Crippen LogP contribution in [0, 0.1) is 6.92 Å². The van der Waals surface area contributed by atoms with E-state index in [2.05, 4.69) is 43.7 Å². The molecule has 0 radical (unpaired) electrons. The fraction of sp³-hybridized carbons (Fsp3) is 0.154. The van der Waals surface area contributed by atoms with Gasteiger partial charge in [0.15, 0.2) is 0 Å². The molecule has 0 aliphatic carbocycles. The third-order valence-corrected chi connectivity index (χ3v) is 5.46. The van der Waals surface area contributed by atoms with E-state index >= 15 is 0 Å². The molecule has 0 spiro atoms. The van der Waals surface area contributed by atoms with Crippen molar-refractivity contribution in [3.05, 3.63) is 49.8 Å². The second kappa shape index (κ2) is 6.13. The molecule has 0 unspecified atom stereocenters. The van der Waals surface area contributed by atoms with Gasteiger partial charge < -0.3 is 5.32 Å². The molecule has 0 bridgehead atoms. The van der Waals surface area contributed by atoms with Crippen molar-refractivity contribution in [1.82, 2.24) is 20.2 Å². The van der Waals surface area contributed by atoms with E-state index in [4.69, 9.17) is 11.6 Å². The monoisotopic (exact) mass is 383 g/mol. The largest absolute Gasteiger partial charge is 0.380 e. The average molecular weight is 385 g/mol. The molecule has 108 valence electrons. The minimum Gasteiger partial charge on any atom is -0.380 e. The number of aromatic nitrogens is 4. The number of hydrogen-bond acceptors (Lipinski definition) is 5. The predicted molar refractivity (Wildman–Crippen MR) is 88.2 cm³/mol. The summed E-state index contributed by atoms with van der Waals surface area (Å²) in [6, 6.07) is 8.07. The van der Waals surface area contributed by atoms with Gasteiger partial charge in [0.05, 0.1) is 5.69 Å². The Morgan fingerprint density at radius 2 is 2.24 bits per heavy atom. The molecule has 1 aromatic carbocycles. The zero-order valence-corrected chi connectivity index (χ0v) is 14.2. The summed E-state index contributed by atoms with van der Waals surface area (Å²) in [7, 11) is 0. The topological polar surface area (TPSA) is 55.6 Å². The molecular formula is C13H11BrClN5S. The molecule has 5 nitrogen and oxygen atoms in total. The molecule has 2 heterocycles. The van der Waals surface area contributed by atoms with Crippen molar-refractivity contribution < 1.29 is 0 Å². The van der Waals surface area contributed by atoms with E-state index in [1.165, 1.54) is 4.88 Å². The highest BCUT2D eigenvalue weighted by atomic mass is 79.9. The van der Waals surface area contributed by atoms with Crippen molar-refractivity contribution in [1.29, 1.82) is 0 Å². The van der Waals surface area contributed by atoms with Crippen LogP contribution in [0.3, 0.4) is 0 Å². The van der Waals surface area contributed by atoms with E-state index in [1.54, 1.807) is 22.3 Å². The number of benzene rings is 1. The lowest BCUT2D eigenvalue weighted by atomic mass is 10.2. The smallest absolute Gasteiger partial charge is 0.143 e. The van der Waals surface area contributed by atoms with Gasteiger partial charge in [-0.25, -0.2) is 4.68 Å². The Morgan fingerprint density at radius 3 is 2.90 bits per heavy atom. The van der Waals surface area contributed by atoms with Gasteiger partial charge in [-0.15, -0.1) is 16.4 Å². The standard InChI is InChI=1S/C13H11BrClN5S/c1-8-2-3-9(20-7-17-18-19-20)4-12(8)16-6-10-5-11(14)13(15)21-10/h2-5,7,16H,6H2,1H3. The SMILES string of the molecule is Cc1ccc(-n2cnnn2)cc1NCc1cc(Br)c(Cl)s1. The molecule has 0 saturated carbocycles. The fourth-order valence-corrected chi connectivity index (χ4v) is 3.61. The van der Waals surface area contributed by atoms with Crippen LogP contribution < -0.4 is 5.32 Å². The second-order valence-corrected chi connectivity index (χ2v) is 7.03. The summed E-state index contributed by atoms with van der Waals surface area (Å²) in [4.78, 5) is 1.17. The molecule has 0 atom stereocenters. The maximum atomic E-state index is 6.05. The van der Waals surface area contributed by atoms with Gasteiger partial charge in [0.1, 0.15) is 10.7 Å². The van der Waals surface area contributed by atoms with E-state index in [1.807, 2.05) is 24.3 Å². The molecule has 0 fully saturated rings. The molecule has 3 aromatic rings. The fourth-order valence-electron chi connectivity index (χ4n) is 1.88. The van der Waals surface area contributed by atoms with E-state index < -0.39 is 0 Å². The van der Waals surface area contributed by atoms with Crippen LogP contribution in [0.4, 0.5) is 5.69 Å². The van der Waals surface area contributed by atoms with E-state index in [0.717, 1.165) is 32.3 Å². The van der Waals surface area contributed by atoms with Gasteiger partial charge in [0.2, 0.25) is 0 Å². The van der Waals surface area contributed by atoms with Crippen LogP contribution in [0.1, 0.15) is 10.4 Å². The number of nitrogens with zero attached hydrogens (tertiary/aromatic N) is 4. The molecule has 0 aliphatic heterocycles. The molecule has 21 heavy (non-hydrogen) atoms. The highest BCUT2D eigenvalue weighted by Crippen LogP contribution is 2.32. The second-order valence-electron chi connectivity index (χ2n) is 4.44. The third-order valence-electron chi connectivity index (χ3n) is 2.98. The van der Waals surface area contributed by atoms with Crippen LogP contribution >= 0.6 is 38.9 Å². The number of halogens is 2. The minimum absolute atomic E-state index is 0.718. The van der Waals surface area contributed by atoms with Gasteiger partial charge >= 0.3 is 0 Å².